The molecule has 0 spiro atoms. The SMILES string of the molecule is CCCCCCCC[C@H]1CCc2ccccc2S1. The van der Waals surface area contributed by atoms with E-state index in [4.69, 9.17) is 0 Å². The van der Waals surface area contributed by atoms with Crippen LogP contribution in [0.2, 0.25) is 0 Å². The molecule has 1 aliphatic heterocycles. The molecule has 2 rings (SSSR count). The lowest BCUT2D eigenvalue weighted by atomic mass is 10.0. The topological polar surface area (TPSA) is 0 Å². The van der Waals surface area contributed by atoms with Gasteiger partial charge in [0.1, 0.15) is 0 Å². The van der Waals surface area contributed by atoms with Crippen molar-refractivity contribution in [2.75, 3.05) is 0 Å². The summed E-state index contributed by atoms with van der Waals surface area (Å²) in [6.07, 6.45) is 12.6. The lowest BCUT2D eigenvalue weighted by molar-refractivity contribution is 0.568. The molecule has 0 amide bonds. The largest absolute Gasteiger partial charge is 0.122 e. The predicted molar refractivity (Wildman–Crippen MR) is 82.4 cm³/mol. The van der Waals surface area contributed by atoms with Gasteiger partial charge in [0.05, 0.1) is 0 Å². The van der Waals surface area contributed by atoms with E-state index in [1.807, 2.05) is 0 Å². The number of unbranched alkanes of at least 4 members (excludes halogenated alkanes) is 5. The molecule has 1 heterocycles. The maximum absolute atomic E-state index is 2.30. The normalized spacial score (nSPS) is 18.6. The maximum atomic E-state index is 2.30. The van der Waals surface area contributed by atoms with Crippen LogP contribution in [-0.4, -0.2) is 5.25 Å². The molecule has 0 fully saturated rings. The average Bonchev–Trinajstić information content (AvgIpc) is 2.42. The minimum atomic E-state index is 0.881. The molecule has 0 bridgehead atoms. The van der Waals surface area contributed by atoms with Gasteiger partial charge in [-0.1, -0.05) is 63.6 Å². The number of fused-ring (bicyclic) bond motifs is 1. The quantitative estimate of drug-likeness (QED) is 0.556. The first-order chi connectivity index (χ1) is 8.90. The van der Waals surface area contributed by atoms with Crippen LogP contribution in [-0.2, 0) is 6.42 Å². The van der Waals surface area contributed by atoms with E-state index in [9.17, 15) is 0 Å². The summed E-state index contributed by atoms with van der Waals surface area (Å²) >= 11 is 2.13. The molecule has 1 aromatic carbocycles. The average molecular weight is 262 g/mol. The fraction of sp³-hybridized carbons (Fsp3) is 0.647. The van der Waals surface area contributed by atoms with Crippen LogP contribution in [0.4, 0.5) is 0 Å². The van der Waals surface area contributed by atoms with Crippen molar-refractivity contribution in [3.8, 4) is 0 Å². The molecule has 0 unspecified atom stereocenters. The van der Waals surface area contributed by atoms with Crippen molar-refractivity contribution in [1.82, 2.24) is 0 Å². The van der Waals surface area contributed by atoms with Crippen LogP contribution in [0.15, 0.2) is 29.2 Å². The van der Waals surface area contributed by atoms with E-state index in [1.54, 1.807) is 10.5 Å². The Kier molecular flexibility index (Phi) is 6.13. The highest BCUT2D eigenvalue weighted by Crippen LogP contribution is 2.37. The zero-order valence-corrected chi connectivity index (χ0v) is 12.5. The van der Waals surface area contributed by atoms with Crippen molar-refractivity contribution in [3.05, 3.63) is 29.8 Å². The van der Waals surface area contributed by atoms with Crippen LogP contribution in [0.1, 0.15) is 63.9 Å². The van der Waals surface area contributed by atoms with Crippen LogP contribution in [0, 0.1) is 0 Å². The highest BCUT2D eigenvalue weighted by atomic mass is 32.2. The fourth-order valence-electron chi connectivity index (χ4n) is 2.74. The molecular weight excluding hydrogens is 236 g/mol. The van der Waals surface area contributed by atoms with E-state index in [-0.39, 0.29) is 0 Å². The Labute approximate surface area is 117 Å². The van der Waals surface area contributed by atoms with Crippen molar-refractivity contribution in [2.24, 2.45) is 0 Å². The predicted octanol–water partition coefficient (Wildman–Crippen LogP) is 5.84. The van der Waals surface area contributed by atoms with Crippen molar-refractivity contribution in [1.29, 1.82) is 0 Å². The highest BCUT2D eigenvalue weighted by molar-refractivity contribution is 8.00. The van der Waals surface area contributed by atoms with Gasteiger partial charge < -0.3 is 0 Å². The molecule has 100 valence electrons. The molecule has 0 saturated heterocycles. The molecule has 0 N–H and O–H groups in total. The van der Waals surface area contributed by atoms with E-state index in [1.165, 1.54) is 57.8 Å². The van der Waals surface area contributed by atoms with Gasteiger partial charge in [-0.3, -0.25) is 0 Å². The van der Waals surface area contributed by atoms with Crippen LogP contribution >= 0.6 is 11.8 Å². The molecule has 18 heavy (non-hydrogen) atoms. The van der Waals surface area contributed by atoms with Gasteiger partial charge in [0.25, 0.3) is 0 Å². The Bertz CT molecular complexity index is 345. The molecule has 1 aliphatic rings. The molecular formula is C17H26S. The Morgan fingerprint density at radius 3 is 2.72 bits per heavy atom. The number of thioether (sulfide) groups is 1. The van der Waals surface area contributed by atoms with Crippen molar-refractivity contribution >= 4 is 11.8 Å². The molecule has 0 radical (unpaired) electrons. The van der Waals surface area contributed by atoms with E-state index in [0.29, 0.717) is 0 Å². The molecule has 0 nitrogen and oxygen atoms in total. The monoisotopic (exact) mass is 262 g/mol. The molecule has 0 aromatic heterocycles. The molecule has 0 aliphatic carbocycles. The van der Waals surface area contributed by atoms with Gasteiger partial charge in [0.15, 0.2) is 0 Å². The van der Waals surface area contributed by atoms with E-state index in [0.717, 1.165) is 5.25 Å². The van der Waals surface area contributed by atoms with Crippen LogP contribution in [0.3, 0.4) is 0 Å². The minimum absolute atomic E-state index is 0.881. The summed E-state index contributed by atoms with van der Waals surface area (Å²) in [5, 5.41) is 0.881. The Hall–Kier alpha value is -0.430. The summed E-state index contributed by atoms with van der Waals surface area (Å²) in [6, 6.07) is 8.95. The van der Waals surface area contributed by atoms with Crippen molar-refractivity contribution in [2.45, 2.75) is 74.9 Å². The lowest BCUT2D eigenvalue weighted by Gasteiger charge is -2.23. The molecule has 1 atom stereocenters. The van der Waals surface area contributed by atoms with Gasteiger partial charge in [0.2, 0.25) is 0 Å². The molecule has 1 aromatic rings. The second-order valence-electron chi connectivity index (χ2n) is 5.44. The van der Waals surface area contributed by atoms with Crippen LogP contribution < -0.4 is 0 Å². The summed E-state index contributed by atoms with van der Waals surface area (Å²) < 4.78 is 0. The van der Waals surface area contributed by atoms with Gasteiger partial charge in [0, 0.05) is 10.1 Å². The lowest BCUT2D eigenvalue weighted by Crippen LogP contribution is -2.10. The van der Waals surface area contributed by atoms with Crippen LogP contribution in [0.5, 0.6) is 0 Å². The summed E-state index contributed by atoms with van der Waals surface area (Å²) in [4.78, 5) is 1.54. The van der Waals surface area contributed by atoms with Gasteiger partial charge in [-0.25, -0.2) is 0 Å². The van der Waals surface area contributed by atoms with Gasteiger partial charge in [-0.2, -0.15) is 0 Å². The summed E-state index contributed by atoms with van der Waals surface area (Å²) in [7, 11) is 0. The van der Waals surface area contributed by atoms with Crippen molar-refractivity contribution in [3.63, 3.8) is 0 Å². The fourth-order valence-corrected chi connectivity index (χ4v) is 4.09. The maximum Gasteiger partial charge on any atom is 0.0107 e. The Morgan fingerprint density at radius 1 is 1.06 bits per heavy atom. The highest BCUT2D eigenvalue weighted by Gasteiger charge is 2.18. The number of rotatable bonds is 7. The van der Waals surface area contributed by atoms with Gasteiger partial charge in [-0.05, 0) is 30.9 Å². The standard InChI is InChI=1S/C17H26S/c1-2-3-4-5-6-7-11-16-14-13-15-10-8-9-12-17(15)18-16/h8-10,12,16H,2-7,11,13-14H2,1H3/t16-/m0/s1. The summed E-state index contributed by atoms with van der Waals surface area (Å²) in [5.74, 6) is 0. The third kappa shape index (κ3) is 4.35. The number of aryl methyl sites for hydroxylation is 1. The van der Waals surface area contributed by atoms with E-state index < -0.39 is 0 Å². The second kappa shape index (κ2) is 7.89. The Balaban J connectivity index is 1.64. The van der Waals surface area contributed by atoms with Gasteiger partial charge >= 0.3 is 0 Å². The third-order valence-electron chi connectivity index (χ3n) is 3.88. The van der Waals surface area contributed by atoms with Gasteiger partial charge in [-0.15, -0.1) is 11.8 Å². The second-order valence-corrected chi connectivity index (χ2v) is 6.78. The number of hydrogen-bond acceptors (Lipinski definition) is 1. The first kappa shape index (κ1) is 14.0. The summed E-state index contributed by atoms with van der Waals surface area (Å²) in [6.45, 7) is 2.29. The first-order valence-electron chi connectivity index (χ1n) is 7.64. The molecule has 1 heteroatoms. The summed E-state index contributed by atoms with van der Waals surface area (Å²) in [5.41, 5.74) is 1.57. The van der Waals surface area contributed by atoms with E-state index in [2.05, 4.69) is 43.0 Å². The zero-order valence-electron chi connectivity index (χ0n) is 11.7. The van der Waals surface area contributed by atoms with Crippen LogP contribution in [0.25, 0.3) is 0 Å². The van der Waals surface area contributed by atoms with Crippen molar-refractivity contribution < 1.29 is 0 Å². The smallest absolute Gasteiger partial charge is 0.0107 e. The number of hydrogen-bond donors (Lipinski definition) is 0. The third-order valence-corrected chi connectivity index (χ3v) is 5.34. The minimum Gasteiger partial charge on any atom is -0.122 e. The molecule has 0 saturated carbocycles. The first-order valence-corrected chi connectivity index (χ1v) is 8.52. The number of benzene rings is 1. The Morgan fingerprint density at radius 2 is 1.83 bits per heavy atom. The van der Waals surface area contributed by atoms with E-state index >= 15 is 0 Å². The zero-order chi connectivity index (χ0) is 12.6.